The van der Waals surface area contributed by atoms with Gasteiger partial charge >= 0.3 is 18.3 Å². The maximum Gasteiger partial charge on any atom is 0.437 e. The Labute approximate surface area is 175 Å². The molecule has 0 bridgehead atoms. The molecular formula is C20H13F6N3O3. The van der Waals surface area contributed by atoms with Gasteiger partial charge in [-0.15, -0.1) is 0 Å². The molecule has 1 aromatic heterocycles. The molecule has 0 amide bonds. The summed E-state index contributed by atoms with van der Waals surface area (Å²) < 4.78 is 82.1. The summed E-state index contributed by atoms with van der Waals surface area (Å²) in [6, 6.07) is 8.96. The SMILES string of the molecule is Cn1nc(C(F)(F)F)cc1C1(C(F)(F)F)CC(c2ccc(C(=O)O)c3ccccc23)=NO1. The number of carbonyl (C=O) groups is 1. The van der Waals surface area contributed by atoms with Crippen LogP contribution in [0.2, 0.25) is 0 Å². The number of halogens is 6. The molecule has 3 aromatic rings. The van der Waals surface area contributed by atoms with E-state index >= 15 is 0 Å². The van der Waals surface area contributed by atoms with Crippen molar-refractivity contribution in [2.75, 3.05) is 0 Å². The molecule has 0 saturated heterocycles. The Hall–Kier alpha value is -3.57. The van der Waals surface area contributed by atoms with Gasteiger partial charge < -0.3 is 9.94 Å². The normalized spacial score (nSPS) is 19.2. The van der Waals surface area contributed by atoms with Gasteiger partial charge in [0.1, 0.15) is 0 Å². The fourth-order valence-electron chi connectivity index (χ4n) is 3.73. The lowest BCUT2D eigenvalue weighted by molar-refractivity contribution is -0.278. The van der Waals surface area contributed by atoms with E-state index < -0.39 is 41.7 Å². The molecule has 0 aliphatic carbocycles. The highest BCUT2D eigenvalue weighted by Crippen LogP contribution is 2.50. The van der Waals surface area contributed by atoms with Crippen molar-refractivity contribution < 1.29 is 41.1 Å². The Balaban J connectivity index is 1.83. The summed E-state index contributed by atoms with van der Waals surface area (Å²) in [4.78, 5) is 16.3. The Kier molecular flexibility index (Phi) is 4.72. The lowest BCUT2D eigenvalue weighted by Crippen LogP contribution is -2.44. The Morgan fingerprint density at radius 1 is 1.09 bits per heavy atom. The van der Waals surface area contributed by atoms with E-state index in [2.05, 4.69) is 10.3 Å². The van der Waals surface area contributed by atoms with Crippen molar-refractivity contribution >= 4 is 22.5 Å². The van der Waals surface area contributed by atoms with Gasteiger partial charge in [-0.3, -0.25) is 4.68 Å². The van der Waals surface area contributed by atoms with Crippen LogP contribution in [0.1, 0.15) is 33.7 Å². The van der Waals surface area contributed by atoms with Crippen molar-refractivity contribution in [1.82, 2.24) is 9.78 Å². The van der Waals surface area contributed by atoms with Crippen LogP contribution in [0.15, 0.2) is 47.6 Å². The topological polar surface area (TPSA) is 76.7 Å². The van der Waals surface area contributed by atoms with E-state index in [0.29, 0.717) is 10.1 Å². The summed E-state index contributed by atoms with van der Waals surface area (Å²) in [5.74, 6) is -1.23. The first-order chi connectivity index (χ1) is 14.8. The molecular weight excluding hydrogens is 444 g/mol. The second-order valence-electron chi connectivity index (χ2n) is 7.18. The van der Waals surface area contributed by atoms with Crippen molar-refractivity contribution in [2.24, 2.45) is 12.2 Å². The van der Waals surface area contributed by atoms with E-state index in [0.717, 1.165) is 7.05 Å². The summed E-state index contributed by atoms with van der Waals surface area (Å²) in [5, 5.41) is 16.7. The number of carboxylic acids is 1. The van der Waals surface area contributed by atoms with Crippen LogP contribution in [0.5, 0.6) is 0 Å². The van der Waals surface area contributed by atoms with Crippen LogP contribution in [0.3, 0.4) is 0 Å². The van der Waals surface area contributed by atoms with Gasteiger partial charge in [0.05, 0.1) is 23.4 Å². The first kappa shape index (κ1) is 21.7. The summed E-state index contributed by atoms with van der Waals surface area (Å²) in [6.07, 6.45) is -11.0. The molecule has 4 rings (SSSR count). The van der Waals surface area contributed by atoms with Crippen LogP contribution in [-0.2, 0) is 23.7 Å². The van der Waals surface area contributed by atoms with Crippen LogP contribution >= 0.6 is 0 Å². The number of fused-ring (bicyclic) bond motifs is 1. The maximum atomic E-state index is 14.2. The highest BCUT2D eigenvalue weighted by molar-refractivity contribution is 6.15. The molecule has 0 spiro atoms. The number of alkyl halides is 6. The molecule has 168 valence electrons. The zero-order valence-electron chi connectivity index (χ0n) is 16.1. The lowest BCUT2D eigenvalue weighted by atomic mass is 9.88. The number of carboxylic acid groups (broad SMARTS) is 1. The predicted molar refractivity (Wildman–Crippen MR) is 99.1 cm³/mol. The minimum atomic E-state index is -5.13. The van der Waals surface area contributed by atoms with E-state index in [1.165, 1.54) is 24.3 Å². The van der Waals surface area contributed by atoms with E-state index in [1.54, 1.807) is 12.1 Å². The molecule has 1 unspecified atom stereocenters. The number of nitrogens with zero attached hydrogens (tertiary/aromatic N) is 3. The molecule has 6 nitrogen and oxygen atoms in total. The molecule has 0 fully saturated rings. The molecule has 0 saturated carbocycles. The van der Waals surface area contributed by atoms with E-state index in [9.17, 15) is 36.2 Å². The van der Waals surface area contributed by atoms with Crippen LogP contribution < -0.4 is 0 Å². The zero-order valence-corrected chi connectivity index (χ0v) is 16.1. The van der Waals surface area contributed by atoms with Crippen LogP contribution in [0.4, 0.5) is 26.3 Å². The van der Waals surface area contributed by atoms with E-state index in [1.807, 2.05) is 0 Å². The van der Waals surface area contributed by atoms with Gasteiger partial charge in [0.25, 0.3) is 5.60 Å². The van der Waals surface area contributed by atoms with E-state index in [4.69, 9.17) is 4.84 Å². The second-order valence-corrected chi connectivity index (χ2v) is 7.18. The number of rotatable bonds is 3. The Bertz CT molecular complexity index is 1260. The van der Waals surface area contributed by atoms with Crippen LogP contribution in [-0.4, -0.2) is 32.7 Å². The maximum absolute atomic E-state index is 14.2. The summed E-state index contributed by atoms with van der Waals surface area (Å²) in [5.41, 5.74) is -5.62. The number of aromatic carboxylic acids is 1. The number of aryl methyl sites for hydroxylation is 1. The van der Waals surface area contributed by atoms with Crippen molar-refractivity contribution in [2.45, 2.75) is 24.4 Å². The fourth-order valence-corrected chi connectivity index (χ4v) is 3.73. The molecule has 1 aliphatic heterocycles. The molecule has 1 aliphatic rings. The van der Waals surface area contributed by atoms with Crippen molar-refractivity contribution in [3.63, 3.8) is 0 Å². The van der Waals surface area contributed by atoms with Gasteiger partial charge in [0, 0.05) is 12.6 Å². The number of hydrogen-bond acceptors (Lipinski definition) is 4. The average molecular weight is 457 g/mol. The number of aromatic nitrogens is 2. The lowest BCUT2D eigenvalue weighted by Gasteiger charge is -2.28. The van der Waals surface area contributed by atoms with Crippen LogP contribution in [0.25, 0.3) is 10.8 Å². The first-order valence-electron chi connectivity index (χ1n) is 9.04. The molecule has 0 radical (unpaired) electrons. The summed E-state index contributed by atoms with van der Waals surface area (Å²) in [6.45, 7) is 0. The number of benzene rings is 2. The molecule has 2 aromatic carbocycles. The summed E-state index contributed by atoms with van der Waals surface area (Å²) >= 11 is 0. The molecule has 12 heteroatoms. The smallest absolute Gasteiger partial charge is 0.437 e. The highest BCUT2D eigenvalue weighted by Gasteiger charge is 2.64. The Morgan fingerprint density at radius 3 is 2.31 bits per heavy atom. The monoisotopic (exact) mass is 457 g/mol. The van der Waals surface area contributed by atoms with Gasteiger partial charge in [-0.05, 0) is 22.9 Å². The minimum Gasteiger partial charge on any atom is -0.478 e. The number of hydrogen-bond donors (Lipinski definition) is 1. The van der Waals surface area contributed by atoms with Gasteiger partial charge in [0.2, 0.25) is 0 Å². The third-order valence-corrected chi connectivity index (χ3v) is 5.24. The zero-order chi connectivity index (χ0) is 23.5. The van der Waals surface area contributed by atoms with Crippen molar-refractivity contribution in [1.29, 1.82) is 0 Å². The average Bonchev–Trinajstić information content (AvgIpc) is 3.31. The highest BCUT2D eigenvalue weighted by atomic mass is 19.4. The molecule has 2 heterocycles. The van der Waals surface area contributed by atoms with Gasteiger partial charge in [-0.1, -0.05) is 35.5 Å². The fraction of sp³-hybridized carbons (Fsp3) is 0.250. The first-order valence-corrected chi connectivity index (χ1v) is 9.04. The standard InChI is InChI=1S/C20H13F6N3O3/c1-29-16(8-15(27-29)19(21,22)23)18(20(24,25)26)9-14(28-32-18)12-6-7-13(17(30)31)11-5-3-2-4-10(11)12/h2-8H,9H2,1H3,(H,30,31). The number of oxime groups is 1. The minimum absolute atomic E-state index is 0.0626. The van der Waals surface area contributed by atoms with Gasteiger partial charge in [-0.25, -0.2) is 4.79 Å². The molecule has 1 N–H and O–H groups in total. The summed E-state index contributed by atoms with van der Waals surface area (Å²) in [7, 11) is 0.955. The third-order valence-electron chi connectivity index (χ3n) is 5.24. The van der Waals surface area contributed by atoms with Crippen LogP contribution in [0, 0.1) is 0 Å². The predicted octanol–water partition coefficient (Wildman–Crippen LogP) is 4.87. The molecule has 32 heavy (non-hydrogen) atoms. The van der Waals surface area contributed by atoms with Crippen molar-refractivity contribution in [3.8, 4) is 0 Å². The third kappa shape index (κ3) is 3.26. The second kappa shape index (κ2) is 6.97. The Morgan fingerprint density at radius 2 is 1.75 bits per heavy atom. The molecule has 1 atom stereocenters. The van der Waals surface area contributed by atoms with E-state index in [-0.39, 0.29) is 28.3 Å². The van der Waals surface area contributed by atoms with Gasteiger partial charge in [-0.2, -0.15) is 31.4 Å². The quantitative estimate of drug-likeness (QED) is 0.570. The van der Waals surface area contributed by atoms with Crippen molar-refractivity contribution in [3.05, 3.63) is 65.0 Å². The largest absolute Gasteiger partial charge is 0.478 e. The van der Waals surface area contributed by atoms with Gasteiger partial charge in [0.15, 0.2) is 5.69 Å².